The number of furan rings is 1. The Morgan fingerprint density at radius 1 is 0.500 bits per heavy atom. The molecule has 0 aliphatic heterocycles. The topological polar surface area (TPSA) is 64.1 Å². The molecule has 0 fully saturated rings. The van der Waals surface area contributed by atoms with Gasteiger partial charge in [-0.2, -0.15) is 0 Å². The van der Waals surface area contributed by atoms with Gasteiger partial charge in [0.05, 0.1) is 22.4 Å². The molecule has 3 heterocycles. The van der Waals surface area contributed by atoms with Crippen LogP contribution in [0.1, 0.15) is 79.0 Å². The maximum atomic E-state index is 11.9. The van der Waals surface area contributed by atoms with Crippen molar-refractivity contribution in [3.63, 3.8) is 0 Å². The van der Waals surface area contributed by atoms with Crippen molar-refractivity contribution in [1.29, 1.82) is 0 Å². The van der Waals surface area contributed by atoms with Crippen LogP contribution in [0.15, 0.2) is 174 Å². The standard InChI is InChI=1S/C64H56N3O2.Pt/c1-62(2,3)43-27-29-53(50(36-43)40-21-14-11-15-22-40)67-54-25-18-24-49(57-55(68)30-28-48-47-23-16-17-26-56(47)69-60(48)57)59(54)66-61(67)42-33-41(34-44(35-42)63(4,5)6)51-37-45(64(7,8)9)38-52-46(31-32-65-58(51)52)39-19-12-10-13-20-39;/h10-32,34-38,68H,1-9H3;/q-1;. The number of hydrogen-bond donors (Lipinski definition) is 1. The number of nitrogens with zero attached hydrogens (tertiary/aromatic N) is 3. The van der Waals surface area contributed by atoms with Crippen LogP contribution in [-0.4, -0.2) is 19.6 Å². The minimum atomic E-state index is -0.243. The molecule has 70 heavy (non-hydrogen) atoms. The first kappa shape index (κ1) is 46.6. The van der Waals surface area contributed by atoms with Crippen molar-refractivity contribution in [3.05, 3.63) is 193 Å². The number of hydrogen-bond acceptors (Lipinski definition) is 4. The first-order valence-electron chi connectivity index (χ1n) is 24.0. The molecule has 11 rings (SSSR count). The average molecular weight is 1090 g/mol. The Kier molecular flexibility index (Phi) is 11.6. The van der Waals surface area contributed by atoms with Crippen LogP contribution in [0.2, 0.25) is 0 Å². The van der Waals surface area contributed by atoms with Gasteiger partial charge in [0.1, 0.15) is 16.9 Å². The number of pyridine rings is 1. The fourth-order valence-electron chi connectivity index (χ4n) is 9.84. The van der Waals surface area contributed by atoms with Crippen molar-refractivity contribution in [3.8, 4) is 67.3 Å². The predicted octanol–water partition coefficient (Wildman–Crippen LogP) is 17.2. The number of aromatic nitrogens is 3. The Hall–Kier alpha value is -7.07. The van der Waals surface area contributed by atoms with Gasteiger partial charge in [-0.3, -0.25) is 9.97 Å². The van der Waals surface area contributed by atoms with Crippen LogP contribution in [0, 0.1) is 6.07 Å². The zero-order valence-corrected chi connectivity index (χ0v) is 43.5. The number of phenols is 1. The molecule has 0 aliphatic carbocycles. The summed E-state index contributed by atoms with van der Waals surface area (Å²) in [5.74, 6) is 0.859. The maximum absolute atomic E-state index is 11.9. The molecular weight excluding hydrogens is 1040 g/mol. The molecule has 1 N–H and O–H groups in total. The van der Waals surface area contributed by atoms with Crippen molar-refractivity contribution < 1.29 is 30.6 Å². The van der Waals surface area contributed by atoms with Crippen LogP contribution in [-0.2, 0) is 37.3 Å². The number of aromatic hydroxyl groups is 1. The summed E-state index contributed by atoms with van der Waals surface area (Å²) in [6.07, 6.45) is 1.94. The molecule has 0 radical (unpaired) electrons. The van der Waals surface area contributed by atoms with E-state index in [2.05, 4.69) is 200 Å². The molecule has 0 bridgehead atoms. The van der Waals surface area contributed by atoms with E-state index in [0.717, 1.165) is 99.9 Å². The normalized spacial score (nSPS) is 12.3. The summed E-state index contributed by atoms with van der Waals surface area (Å²) in [6.45, 7) is 20.4. The summed E-state index contributed by atoms with van der Waals surface area (Å²) >= 11 is 0. The third-order valence-corrected chi connectivity index (χ3v) is 13.7. The molecular formula is C64H56N3O2Pt-. The van der Waals surface area contributed by atoms with Crippen molar-refractivity contribution in [2.75, 3.05) is 0 Å². The Labute approximate surface area is 425 Å². The number of phenolic OH excluding ortho intramolecular Hbond substituents is 1. The molecule has 0 saturated heterocycles. The summed E-state index contributed by atoms with van der Waals surface area (Å²) in [4.78, 5) is 10.9. The van der Waals surface area contributed by atoms with Gasteiger partial charge in [0.15, 0.2) is 0 Å². The SMILES string of the molecule is CC(C)(C)c1cc(-c2cc(C(C)(C)C)cc3c(-c4ccccc4)ccnc23)[c-]c(-c2nc3c(-c4c(O)ccc5c4oc4ccccc45)cccc3n2-c2ccc(C(C)(C)C)cc2-c2ccccc2)c1.[Pt]. The van der Waals surface area contributed by atoms with Gasteiger partial charge in [-0.25, -0.2) is 0 Å². The van der Waals surface area contributed by atoms with Gasteiger partial charge in [-0.15, -0.1) is 29.3 Å². The smallest absolute Gasteiger partial charge is 0.147 e. The zero-order chi connectivity index (χ0) is 48.0. The number of fused-ring (bicyclic) bond motifs is 5. The number of imidazole rings is 1. The van der Waals surface area contributed by atoms with E-state index in [1.807, 2.05) is 36.5 Å². The monoisotopic (exact) mass is 1090 g/mol. The molecule has 3 aromatic heterocycles. The van der Waals surface area contributed by atoms with Gasteiger partial charge in [-0.05, 0) is 92.6 Å². The van der Waals surface area contributed by atoms with Gasteiger partial charge < -0.3 is 14.1 Å². The molecule has 5 nitrogen and oxygen atoms in total. The molecule has 6 heteroatoms. The first-order chi connectivity index (χ1) is 33.0. The third kappa shape index (κ3) is 8.14. The van der Waals surface area contributed by atoms with Crippen LogP contribution >= 0.6 is 0 Å². The Morgan fingerprint density at radius 2 is 1.13 bits per heavy atom. The molecule has 0 amide bonds. The van der Waals surface area contributed by atoms with E-state index in [0.29, 0.717) is 11.1 Å². The molecule has 0 atom stereocenters. The first-order valence-corrected chi connectivity index (χ1v) is 24.0. The number of para-hydroxylation sites is 2. The quantitative estimate of drug-likeness (QED) is 0.169. The van der Waals surface area contributed by atoms with E-state index in [1.54, 1.807) is 6.07 Å². The van der Waals surface area contributed by atoms with E-state index in [1.165, 1.54) is 11.1 Å². The van der Waals surface area contributed by atoms with Crippen LogP contribution < -0.4 is 0 Å². The van der Waals surface area contributed by atoms with Gasteiger partial charge in [0.25, 0.3) is 0 Å². The fraction of sp³-hybridized carbons (Fsp3) is 0.188. The van der Waals surface area contributed by atoms with Crippen molar-refractivity contribution >= 4 is 43.9 Å². The van der Waals surface area contributed by atoms with E-state index < -0.39 is 0 Å². The van der Waals surface area contributed by atoms with E-state index in [-0.39, 0.29) is 43.1 Å². The van der Waals surface area contributed by atoms with E-state index in [4.69, 9.17) is 14.4 Å². The van der Waals surface area contributed by atoms with Crippen LogP contribution in [0.25, 0.3) is 105 Å². The maximum Gasteiger partial charge on any atom is 0.147 e. The fourth-order valence-corrected chi connectivity index (χ4v) is 9.84. The minimum absolute atomic E-state index is 0. The number of benzene rings is 8. The van der Waals surface area contributed by atoms with Gasteiger partial charge in [-0.1, -0.05) is 177 Å². The minimum Gasteiger partial charge on any atom is -0.507 e. The average Bonchev–Trinajstić information content (AvgIpc) is 3.92. The second-order valence-electron chi connectivity index (χ2n) is 21.6. The van der Waals surface area contributed by atoms with Crippen LogP contribution in [0.3, 0.4) is 0 Å². The predicted molar refractivity (Wildman–Crippen MR) is 287 cm³/mol. The number of rotatable bonds is 6. The van der Waals surface area contributed by atoms with Gasteiger partial charge >= 0.3 is 0 Å². The van der Waals surface area contributed by atoms with E-state index in [9.17, 15) is 5.11 Å². The molecule has 8 aromatic carbocycles. The molecule has 0 unspecified atom stereocenters. The van der Waals surface area contributed by atoms with Crippen molar-refractivity contribution in [2.24, 2.45) is 0 Å². The summed E-state index contributed by atoms with van der Waals surface area (Å²) in [5, 5.41) is 14.9. The molecule has 0 aliphatic rings. The summed E-state index contributed by atoms with van der Waals surface area (Å²) in [5.41, 5.74) is 16.7. The van der Waals surface area contributed by atoms with Crippen LogP contribution in [0.5, 0.6) is 5.75 Å². The Morgan fingerprint density at radius 3 is 1.83 bits per heavy atom. The Balaban J connectivity index is 0.00000567. The molecule has 11 aromatic rings. The van der Waals surface area contributed by atoms with Crippen molar-refractivity contribution in [2.45, 2.75) is 78.6 Å². The molecule has 0 spiro atoms. The summed E-state index contributed by atoms with van der Waals surface area (Å²) < 4.78 is 8.92. The summed E-state index contributed by atoms with van der Waals surface area (Å²) in [6, 6.07) is 61.5. The second-order valence-corrected chi connectivity index (χ2v) is 21.6. The van der Waals surface area contributed by atoms with E-state index >= 15 is 0 Å². The third-order valence-electron chi connectivity index (χ3n) is 13.7. The van der Waals surface area contributed by atoms with Crippen LogP contribution in [0.4, 0.5) is 0 Å². The second kappa shape index (κ2) is 17.4. The molecule has 0 saturated carbocycles. The zero-order valence-electron chi connectivity index (χ0n) is 41.2. The van der Waals surface area contributed by atoms with Crippen molar-refractivity contribution in [1.82, 2.24) is 14.5 Å². The Bertz CT molecular complexity index is 3790. The molecule has 350 valence electrons. The van der Waals surface area contributed by atoms with Gasteiger partial charge in [0.2, 0.25) is 0 Å². The summed E-state index contributed by atoms with van der Waals surface area (Å²) in [7, 11) is 0. The largest absolute Gasteiger partial charge is 0.507 e. The van der Waals surface area contributed by atoms with Gasteiger partial charge in [0, 0.05) is 65.8 Å².